The molecule has 0 aliphatic heterocycles. The van der Waals surface area contributed by atoms with Crippen molar-refractivity contribution in [3.63, 3.8) is 0 Å². The van der Waals surface area contributed by atoms with Crippen LogP contribution in [0.5, 0.6) is 0 Å². The number of carbonyl (C=O) groups is 2. The maximum absolute atomic E-state index is 13.6. The van der Waals surface area contributed by atoms with Crippen LogP contribution in [0.15, 0.2) is 54.6 Å². The number of carboxylic acids is 1. The number of aliphatic carboxylic acids is 1. The molecule has 2 aromatic carbocycles. The van der Waals surface area contributed by atoms with Gasteiger partial charge in [0, 0.05) is 36.5 Å². The summed E-state index contributed by atoms with van der Waals surface area (Å²) < 4.78 is 15.5. The molecule has 10 heteroatoms. The van der Waals surface area contributed by atoms with Gasteiger partial charge in [0.05, 0.1) is 17.9 Å². The Hall–Kier alpha value is -2.56. The standard InChI is InChI=1S/C29H34FN3O5.Na/c1-17(2)27-26(29(38)31-24-16-23(24)18-6-4-3-5-7-18)32-28(19-8-10-20(30)11-9-19)33(27)13-12-21(34)14-22(35)15-25(36)37;/h3-11,17,21-24,34-35H,12-16H2,1-2H3,(H,31,38)(H,36,37);/q;+1/p-1/t21-,22-,23-,24+;/m1./s1. The van der Waals surface area contributed by atoms with E-state index in [4.69, 9.17) is 4.98 Å². The van der Waals surface area contributed by atoms with Gasteiger partial charge >= 0.3 is 29.6 Å². The number of imidazole rings is 1. The number of carboxylic acid groups (broad SMARTS) is 1. The van der Waals surface area contributed by atoms with Crippen LogP contribution in [0.2, 0.25) is 0 Å². The molecule has 8 nitrogen and oxygen atoms in total. The van der Waals surface area contributed by atoms with Crippen molar-refractivity contribution in [1.29, 1.82) is 0 Å². The number of hydrogen-bond acceptors (Lipinski definition) is 6. The predicted molar refractivity (Wildman–Crippen MR) is 138 cm³/mol. The zero-order valence-corrected chi connectivity index (χ0v) is 24.5. The average Bonchev–Trinajstić information content (AvgIpc) is 3.52. The summed E-state index contributed by atoms with van der Waals surface area (Å²) in [5, 5.41) is 34.2. The van der Waals surface area contributed by atoms with Crippen molar-refractivity contribution in [2.45, 2.75) is 76.2 Å². The van der Waals surface area contributed by atoms with Gasteiger partial charge in [-0.3, -0.25) is 4.79 Å². The van der Waals surface area contributed by atoms with E-state index in [1.54, 1.807) is 12.1 Å². The molecule has 202 valence electrons. The molecular formula is C29H33FN3NaO5. The zero-order valence-electron chi connectivity index (χ0n) is 22.5. The molecular weight excluding hydrogens is 512 g/mol. The van der Waals surface area contributed by atoms with E-state index in [2.05, 4.69) is 5.32 Å². The first-order valence-corrected chi connectivity index (χ1v) is 12.9. The van der Waals surface area contributed by atoms with Crippen LogP contribution in [0.4, 0.5) is 4.39 Å². The quantitative estimate of drug-likeness (QED) is 0.269. The first-order valence-electron chi connectivity index (χ1n) is 12.9. The van der Waals surface area contributed by atoms with Crippen LogP contribution in [-0.4, -0.2) is 49.9 Å². The fourth-order valence-electron chi connectivity index (χ4n) is 4.91. The van der Waals surface area contributed by atoms with Gasteiger partial charge in [-0.05, 0) is 55.0 Å². The van der Waals surface area contributed by atoms with E-state index in [9.17, 15) is 29.3 Å². The first kappa shape index (κ1) is 31.0. The smallest absolute Gasteiger partial charge is 0.550 e. The van der Waals surface area contributed by atoms with E-state index >= 15 is 0 Å². The first-order chi connectivity index (χ1) is 18.1. The van der Waals surface area contributed by atoms with Crippen LogP contribution < -0.4 is 40.0 Å². The number of aliphatic hydroxyl groups is 2. The van der Waals surface area contributed by atoms with Crippen molar-refractivity contribution in [1.82, 2.24) is 14.9 Å². The van der Waals surface area contributed by atoms with E-state index < -0.39 is 30.4 Å². The third-order valence-corrected chi connectivity index (χ3v) is 6.84. The number of rotatable bonds is 12. The molecule has 0 unspecified atom stereocenters. The molecule has 4 atom stereocenters. The normalized spacial score (nSPS) is 17.8. The van der Waals surface area contributed by atoms with Crippen molar-refractivity contribution < 1.29 is 58.9 Å². The fourth-order valence-corrected chi connectivity index (χ4v) is 4.91. The Morgan fingerprint density at radius 3 is 2.38 bits per heavy atom. The molecule has 1 fully saturated rings. The zero-order chi connectivity index (χ0) is 27.4. The molecule has 39 heavy (non-hydrogen) atoms. The Labute approximate surface area is 249 Å². The van der Waals surface area contributed by atoms with Gasteiger partial charge in [-0.25, -0.2) is 9.37 Å². The number of hydrogen-bond donors (Lipinski definition) is 3. The largest absolute Gasteiger partial charge is 1.00 e. The number of carbonyl (C=O) groups excluding carboxylic acids is 2. The molecule has 1 aliphatic carbocycles. The summed E-state index contributed by atoms with van der Waals surface area (Å²) in [5.74, 6) is -1.44. The average molecular weight is 546 g/mol. The van der Waals surface area contributed by atoms with Crippen molar-refractivity contribution in [3.05, 3.63) is 77.4 Å². The Morgan fingerprint density at radius 1 is 1.10 bits per heavy atom. The molecule has 3 aromatic rings. The van der Waals surface area contributed by atoms with Gasteiger partial charge in [-0.15, -0.1) is 0 Å². The second-order valence-electron chi connectivity index (χ2n) is 10.2. The van der Waals surface area contributed by atoms with Crippen LogP contribution in [-0.2, 0) is 11.3 Å². The molecule has 3 N–H and O–H groups in total. The Bertz CT molecular complexity index is 1270. The number of aliphatic hydroxyl groups excluding tert-OH is 2. The summed E-state index contributed by atoms with van der Waals surface area (Å²) >= 11 is 0. The molecule has 4 rings (SSSR count). The van der Waals surface area contributed by atoms with Gasteiger partial charge in [0.25, 0.3) is 5.91 Å². The fraction of sp³-hybridized carbons (Fsp3) is 0.414. The number of nitrogens with zero attached hydrogens (tertiary/aromatic N) is 2. The summed E-state index contributed by atoms with van der Waals surface area (Å²) in [5.41, 5.74) is 2.76. The maximum Gasteiger partial charge on any atom is 1.00 e. The Balaban J connectivity index is 0.00000420. The van der Waals surface area contributed by atoms with E-state index in [0.29, 0.717) is 17.1 Å². The third kappa shape index (κ3) is 7.99. The minimum Gasteiger partial charge on any atom is -0.550 e. The van der Waals surface area contributed by atoms with Gasteiger partial charge in [0.2, 0.25) is 0 Å². The van der Waals surface area contributed by atoms with Gasteiger partial charge in [0.15, 0.2) is 0 Å². The van der Waals surface area contributed by atoms with E-state index in [1.807, 2.05) is 48.7 Å². The molecule has 1 amide bonds. The second kappa shape index (κ2) is 13.7. The van der Waals surface area contributed by atoms with Crippen LogP contribution in [0.1, 0.15) is 73.1 Å². The number of amides is 1. The second-order valence-corrected chi connectivity index (χ2v) is 10.2. The maximum atomic E-state index is 13.6. The number of halogens is 1. The van der Waals surface area contributed by atoms with Crippen molar-refractivity contribution in [2.24, 2.45) is 0 Å². The van der Waals surface area contributed by atoms with Crippen LogP contribution in [0, 0.1) is 5.82 Å². The van der Waals surface area contributed by atoms with Crippen LogP contribution in [0.3, 0.4) is 0 Å². The topological polar surface area (TPSA) is 128 Å². The van der Waals surface area contributed by atoms with Crippen LogP contribution >= 0.6 is 0 Å². The minimum atomic E-state index is -1.39. The molecule has 1 aromatic heterocycles. The Morgan fingerprint density at radius 2 is 1.77 bits per heavy atom. The van der Waals surface area contributed by atoms with Gasteiger partial charge < -0.3 is 30.0 Å². The minimum absolute atomic E-state index is 0. The van der Waals surface area contributed by atoms with Gasteiger partial charge in [-0.2, -0.15) is 0 Å². The predicted octanol–water partition coefficient (Wildman–Crippen LogP) is -0.255. The Kier molecular flexibility index (Phi) is 10.9. The van der Waals surface area contributed by atoms with Crippen molar-refractivity contribution in [2.75, 3.05) is 0 Å². The molecule has 1 heterocycles. The molecule has 0 spiro atoms. The summed E-state index contributed by atoms with van der Waals surface area (Å²) in [6.07, 6.45) is -1.86. The third-order valence-electron chi connectivity index (χ3n) is 6.84. The van der Waals surface area contributed by atoms with Gasteiger partial charge in [0.1, 0.15) is 17.3 Å². The van der Waals surface area contributed by atoms with Gasteiger partial charge in [-0.1, -0.05) is 44.2 Å². The number of aromatic nitrogens is 2. The SMILES string of the molecule is CC(C)c1c(C(=O)N[C@H]2C[C@@H]2c2ccccc2)nc(-c2ccc(F)cc2)n1CC[C@@H](O)C[C@@H](O)CC(=O)[O-].[Na+]. The van der Waals surface area contributed by atoms with Crippen molar-refractivity contribution in [3.8, 4) is 11.4 Å². The molecule has 1 aliphatic rings. The molecule has 0 saturated heterocycles. The number of benzene rings is 2. The van der Waals surface area contributed by atoms with Crippen molar-refractivity contribution >= 4 is 11.9 Å². The van der Waals surface area contributed by atoms with E-state index in [-0.39, 0.29) is 78.4 Å². The molecule has 0 bridgehead atoms. The van der Waals surface area contributed by atoms with Crippen LogP contribution in [0.25, 0.3) is 11.4 Å². The monoisotopic (exact) mass is 545 g/mol. The summed E-state index contributed by atoms with van der Waals surface area (Å²) in [7, 11) is 0. The summed E-state index contributed by atoms with van der Waals surface area (Å²) in [4.78, 5) is 28.9. The molecule has 1 saturated carbocycles. The number of nitrogens with one attached hydrogen (secondary N) is 1. The van der Waals surface area contributed by atoms with E-state index in [0.717, 1.165) is 6.42 Å². The van der Waals surface area contributed by atoms with E-state index in [1.165, 1.54) is 17.7 Å². The molecule has 0 radical (unpaired) electrons. The summed E-state index contributed by atoms with van der Waals surface area (Å²) in [6, 6.07) is 15.8. The summed E-state index contributed by atoms with van der Waals surface area (Å²) in [6.45, 7) is 4.15.